The van der Waals surface area contributed by atoms with Crippen molar-refractivity contribution in [3.05, 3.63) is 23.8 Å². The topological polar surface area (TPSA) is 72.5 Å². The van der Waals surface area contributed by atoms with Crippen molar-refractivity contribution in [1.82, 2.24) is 0 Å². The molecule has 3 N–H and O–H groups in total. The number of carbonyl (C=O) groups is 1. The lowest BCUT2D eigenvalue weighted by molar-refractivity contribution is -0.139. The summed E-state index contributed by atoms with van der Waals surface area (Å²) in [4.78, 5) is 10.7. The van der Waals surface area contributed by atoms with E-state index in [0.717, 1.165) is 0 Å². The molecule has 0 radical (unpaired) electrons. The average molecular weight is 205 g/mol. The fourth-order valence-corrected chi connectivity index (χ4v) is 0.946. The van der Waals surface area contributed by atoms with Crippen LogP contribution in [0.4, 0.5) is 5.69 Å². The predicted octanol–water partition coefficient (Wildman–Crippen LogP) is 0.889. The smallest absolute Gasteiger partial charge is 0.317 e. The van der Waals surface area contributed by atoms with Crippen molar-refractivity contribution in [3.63, 3.8) is 0 Å². The monoisotopic (exact) mass is 205 g/mol. The Hall–Kier alpha value is -2.15. The molecule has 78 valence electrons. The number of rotatable bonds is 1. The van der Waals surface area contributed by atoms with Gasteiger partial charge in [-0.15, -0.1) is 0 Å². The normalized spacial score (nSPS) is 8.87. The second kappa shape index (κ2) is 4.91. The standard InChI is InChI=1S/C11H11NO3/c1-15-10(13)7-3-5-8-4-2-6-9(12)11(8)14/h2,4,6,14H,7,12H2,1H3. The number of nitrogen functional groups attached to an aromatic ring is 1. The highest BCUT2D eigenvalue weighted by Gasteiger charge is 2.00. The van der Waals surface area contributed by atoms with Crippen LogP contribution < -0.4 is 5.73 Å². The Morgan fingerprint density at radius 1 is 1.60 bits per heavy atom. The number of carbonyl (C=O) groups excluding carboxylic acids is 1. The molecule has 0 aromatic heterocycles. The van der Waals surface area contributed by atoms with Gasteiger partial charge in [0, 0.05) is 0 Å². The molecule has 0 saturated carbocycles. The zero-order valence-electron chi connectivity index (χ0n) is 8.28. The van der Waals surface area contributed by atoms with Crippen LogP contribution in [0.15, 0.2) is 18.2 Å². The number of anilines is 1. The molecule has 0 aliphatic heterocycles. The lowest BCUT2D eigenvalue weighted by Crippen LogP contribution is -1.97. The van der Waals surface area contributed by atoms with Crippen molar-refractivity contribution < 1.29 is 14.6 Å². The van der Waals surface area contributed by atoms with Gasteiger partial charge in [0.1, 0.15) is 6.42 Å². The summed E-state index contributed by atoms with van der Waals surface area (Å²) in [5.74, 6) is 4.75. The second-order valence-electron chi connectivity index (χ2n) is 2.80. The van der Waals surface area contributed by atoms with Crippen molar-refractivity contribution in [2.24, 2.45) is 0 Å². The Labute approximate surface area is 87.7 Å². The molecular formula is C11H11NO3. The lowest BCUT2D eigenvalue weighted by Gasteiger charge is -1.99. The summed E-state index contributed by atoms with van der Waals surface area (Å²) in [7, 11) is 1.29. The van der Waals surface area contributed by atoms with Gasteiger partial charge in [0.25, 0.3) is 0 Å². The molecule has 4 heteroatoms. The Morgan fingerprint density at radius 2 is 2.33 bits per heavy atom. The summed E-state index contributed by atoms with van der Waals surface area (Å²) < 4.78 is 4.41. The first-order valence-electron chi connectivity index (χ1n) is 4.28. The zero-order valence-corrected chi connectivity index (χ0v) is 8.28. The van der Waals surface area contributed by atoms with Gasteiger partial charge in [0.2, 0.25) is 0 Å². The van der Waals surface area contributed by atoms with Crippen LogP contribution >= 0.6 is 0 Å². The molecule has 1 rings (SSSR count). The third-order valence-electron chi connectivity index (χ3n) is 1.75. The average Bonchev–Trinajstić information content (AvgIpc) is 2.24. The predicted molar refractivity (Wildman–Crippen MR) is 56.0 cm³/mol. The number of methoxy groups -OCH3 is 1. The summed E-state index contributed by atoms with van der Waals surface area (Å²) in [6, 6.07) is 4.87. The molecule has 0 unspecified atom stereocenters. The number of aromatic hydroxyl groups is 1. The van der Waals surface area contributed by atoms with Crippen LogP contribution in [0.3, 0.4) is 0 Å². The number of hydrogen-bond acceptors (Lipinski definition) is 4. The van der Waals surface area contributed by atoms with Crippen LogP contribution in [0.25, 0.3) is 0 Å². The van der Waals surface area contributed by atoms with E-state index in [1.165, 1.54) is 7.11 Å². The van der Waals surface area contributed by atoms with Gasteiger partial charge < -0.3 is 15.6 Å². The van der Waals surface area contributed by atoms with E-state index >= 15 is 0 Å². The van der Waals surface area contributed by atoms with E-state index in [1.54, 1.807) is 18.2 Å². The number of ether oxygens (including phenoxy) is 1. The van der Waals surface area contributed by atoms with Crippen LogP contribution in [0, 0.1) is 11.8 Å². The molecule has 15 heavy (non-hydrogen) atoms. The van der Waals surface area contributed by atoms with Gasteiger partial charge in [0.05, 0.1) is 18.4 Å². The Morgan fingerprint density at radius 3 is 3.00 bits per heavy atom. The Balaban J connectivity index is 2.80. The number of nitrogens with two attached hydrogens (primary N) is 1. The van der Waals surface area contributed by atoms with Crippen LogP contribution in [0.2, 0.25) is 0 Å². The van der Waals surface area contributed by atoms with Gasteiger partial charge in [-0.05, 0) is 12.1 Å². The lowest BCUT2D eigenvalue weighted by atomic mass is 10.2. The molecule has 4 nitrogen and oxygen atoms in total. The second-order valence-corrected chi connectivity index (χ2v) is 2.80. The molecule has 0 aliphatic rings. The van der Waals surface area contributed by atoms with Gasteiger partial charge >= 0.3 is 5.97 Å². The fraction of sp³-hybridized carbons (Fsp3) is 0.182. The molecule has 0 heterocycles. The number of benzene rings is 1. The minimum Gasteiger partial charge on any atom is -0.505 e. The van der Waals surface area contributed by atoms with E-state index in [-0.39, 0.29) is 17.9 Å². The third-order valence-corrected chi connectivity index (χ3v) is 1.75. The summed E-state index contributed by atoms with van der Waals surface area (Å²) in [6.07, 6.45) is -0.00919. The largest absolute Gasteiger partial charge is 0.505 e. The molecule has 0 fully saturated rings. The van der Waals surface area contributed by atoms with Gasteiger partial charge in [-0.3, -0.25) is 4.79 Å². The van der Waals surface area contributed by atoms with E-state index in [1.807, 2.05) is 0 Å². The van der Waals surface area contributed by atoms with Crippen molar-refractivity contribution in [2.75, 3.05) is 12.8 Å². The Kier molecular flexibility index (Phi) is 3.58. The first-order chi connectivity index (χ1) is 7.15. The highest BCUT2D eigenvalue weighted by molar-refractivity contribution is 5.72. The summed E-state index contributed by atoms with van der Waals surface area (Å²) >= 11 is 0. The molecule has 1 aromatic rings. The van der Waals surface area contributed by atoms with Crippen LogP contribution in [-0.4, -0.2) is 18.2 Å². The van der Waals surface area contributed by atoms with Gasteiger partial charge in [-0.25, -0.2) is 0 Å². The van der Waals surface area contributed by atoms with E-state index < -0.39 is 5.97 Å². The van der Waals surface area contributed by atoms with E-state index in [4.69, 9.17) is 5.73 Å². The minimum atomic E-state index is -0.411. The maximum atomic E-state index is 10.7. The van der Waals surface area contributed by atoms with Crippen molar-refractivity contribution >= 4 is 11.7 Å². The molecule has 0 spiro atoms. The Bertz CT molecular complexity index is 429. The first kappa shape index (κ1) is 10.9. The van der Waals surface area contributed by atoms with Crippen molar-refractivity contribution in [2.45, 2.75) is 6.42 Å². The SMILES string of the molecule is COC(=O)CC#Cc1cccc(N)c1O. The number of esters is 1. The fourth-order valence-electron chi connectivity index (χ4n) is 0.946. The zero-order chi connectivity index (χ0) is 11.3. The minimum absolute atomic E-state index is 0.00919. The van der Waals surface area contributed by atoms with E-state index in [0.29, 0.717) is 5.56 Å². The molecule has 1 aromatic carbocycles. The van der Waals surface area contributed by atoms with Gasteiger partial charge in [0.15, 0.2) is 5.75 Å². The van der Waals surface area contributed by atoms with Crippen LogP contribution in [0.5, 0.6) is 5.75 Å². The van der Waals surface area contributed by atoms with Crippen LogP contribution in [0.1, 0.15) is 12.0 Å². The van der Waals surface area contributed by atoms with E-state index in [2.05, 4.69) is 16.6 Å². The molecule has 0 amide bonds. The number of hydrogen-bond donors (Lipinski definition) is 2. The highest BCUT2D eigenvalue weighted by atomic mass is 16.5. The molecule has 0 atom stereocenters. The van der Waals surface area contributed by atoms with Gasteiger partial charge in [-0.2, -0.15) is 0 Å². The first-order valence-corrected chi connectivity index (χ1v) is 4.28. The molecule has 0 aliphatic carbocycles. The number of para-hydroxylation sites is 1. The number of phenols is 1. The third kappa shape index (κ3) is 2.92. The van der Waals surface area contributed by atoms with Crippen molar-refractivity contribution in [3.8, 4) is 17.6 Å². The van der Waals surface area contributed by atoms with Gasteiger partial charge in [-0.1, -0.05) is 17.9 Å². The summed E-state index contributed by atoms with van der Waals surface area (Å²) in [6.45, 7) is 0. The summed E-state index contributed by atoms with van der Waals surface area (Å²) in [5, 5.41) is 9.48. The molecule has 0 bridgehead atoms. The quantitative estimate of drug-likeness (QED) is 0.309. The van der Waals surface area contributed by atoms with Crippen LogP contribution in [-0.2, 0) is 9.53 Å². The molecular weight excluding hydrogens is 194 g/mol. The summed E-state index contributed by atoms with van der Waals surface area (Å²) in [5.41, 5.74) is 6.13. The molecule has 0 saturated heterocycles. The van der Waals surface area contributed by atoms with E-state index in [9.17, 15) is 9.90 Å². The number of phenolic OH excluding ortho intramolecular Hbond substituents is 1. The maximum Gasteiger partial charge on any atom is 0.317 e. The highest BCUT2D eigenvalue weighted by Crippen LogP contribution is 2.23. The van der Waals surface area contributed by atoms with Crippen molar-refractivity contribution in [1.29, 1.82) is 0 Å². The maximum absolute atomic E-state index is 10.7.